The lowest BCUT2D eigenvalue weighted by atomic mass is 9.96. The zero-order valence-electron chi connectivity index (χ0n) is 15.5. The summed E-state index contributed by atoms with van der Waals surface area (Å²) in [5, 5.41) is 12.9. The second kappa shape index (κ2) is 9.75. The highest BCUT2D eigenvalue weighted by Gasteiger charge is 2.15. The number of rotatable bonds is 7. The van der Waals surface area contributed by atoms with Gasteiger partial charge in [-0.3, -0.25) is 4.79 Å². The third kappa shape index (κ3) is 6.13. The second-order valence-electron chi connectivity index (χ2n) is 6.89. The minimum absolute atomic E-state index is 0.0968. The minimum atomic E-state index is -0.182. The molecular weight excluding hydrogens is 342 g/mol. The smallest absolute Gasteiger partial charge is 0.315 e. The zero-order chi connectivity index (χ0) is 18.9. The molecule has 1 aliphatic rings. The predicted molar refractivity (Wildman–Crippen MR) is 103 cm³/mol. The lowest BCUT2D eigenvalue weighted by Crippen LogP contribution is -2.43. The fourth-order valence-corrected chi connectivity index (χ4v) is 3.24. The van der Waals surface area contributed by atoms with Crippen LogP contribution in [0.4, 0.5) is 4.79 Å². The van der Waals surface area contributed by atoms with Crippen LogP contribution in [0.5, 0.6) is 0 Å². The van der Waals surface area contributed by atoms with Gasteiger partial charge in [0.1, 0.15) is 0 Å². The monoisotopic (exact) mass is 369 g/mol. The topological polar surface area (TPSA) is 88.1 Å². The number of hydrogen-bond acceptors (Lipinski definition) is 3. The number of hydrogen-bond donors (Lipinski definition) is 3. The van der Waals surface area contributed by atoms with Crippen molar-refractivity contribution < 1.29 is 9.59 Å². The molecule has 3 rings (SSSR count). The molecule has 7 heteroatoms. The number of carbonyl (C=O) groups excluding carboxylic acids is 2. The molecule has 1 saturated carbocycles. The highest BCUT2D eigenvalue weighted by atomic mass is 16.2. The number of para-hydroxylation sites is 1. The van der Waals surface area contributed by atoms with E-state index in [0.717, 1.165) is 24.1 Å². The summed E-state index contributed by atoms with van der Waals surface area (Å²) in [4.78, 5) is 23.8. The molecule has 1 aromatic heterocycles. The standard InChI is InChI=1S/C20H27N5O2/c26-19(11-12-21-20(27)24-17-7-3-1-4-8-17)22-13-16-14-23-25(15-16)18-9-5-2-6-10-18/h2,5-6,9-10,14-15,17H,1,3-4,7-8,11-13H2,(H,22,26)(H2,21,24,27). The van der Waals surface area contributed by atoms with Gasteiger partial charge < -0.3 is 16.0 Å². The molecule has 1 aromatic carbocycles. The molecule has 144 valence electrons. The van der Waals surface area contributed by atoms with E-state index in [4.69, 9.17) is 0 Å². The van der Waals surface area contributed by atoms with E-state index in [9.17, 15) is 9.59 Å². The zero-order valence-corrected chi connectivity index (χ0v) is 15.5. The number of benzene rings is 1. The largest absolute Gasteiger partial charge is 0.352 e. The predicted octanol–water partition coefficient (Wildman–Crippen LogP) is 2.51. The van der Waals surface area contributed by atoms with Crippen molar-refractivity contribution in [1.29, 1.82) is 0 Å². The molecule has 0 saturated heterocycles. The first-order chi connectivity index (χ1) is 13.2. The Morgan fingerprint density at radius 3 is 2.63 bits per heavy atom. The quantitative estimate of drug-likeness (QED) is 0.701. The lowest BCUT2D eigenvalue weighted by Gasteiger charge is -2.22. The molecule has 27 heavy (non-hydrogen) atoms. The molecule has 7 nitrogen and oxygen atoms in total. The van der Waals surface area contributed by atoms with Crippen LogP contribution in [-0.4, -0.2) is 34.3 Å². The van der Waals surface area contributed by atoms with E-state index in [1.54, 1.807) is 10.9 Å². The van der Waals surface area contributed by atoms with Gasteiger partial charge in [-0.1, -0.05) is 37.5 Å². The van der Waals surface area contributed by atoms with Gasteiger partial charge in [-0.25, -0.2) is 9.48 Å². The molecule has 1 fully saturated rings. The van der Waals surface area contributed by atoms with Crippen molar-refractivity contribution in [2.24, 2.45) is 0 Å². The third-order valence-corrected chi connectivity index (χ3v) is 4.72. The fraction of sp³-hybridized carbons (Fsp3) is 0.450. The van der Waals surface area contributed by atoms with Crippen molar-refractivity contribution in [3.05, 3.63) is 48.3 Å². The summed E-state index contributed by atoms with van der Waals surface area (Å²) < 4.78 is 1.78. The Kier molecular flexibility index (Phi) is 6.84. The van der Waals surface area contributed by atoms with Crippen LogP contribution in [0.15, 0.2) is 42.7 Å². The second-order valence-corrected chi connectivity index (χ2v) is 6.89. The van der Waals surface area contributed by atoms with E-state index in [2.05, 4.69) is 21.0 Å². The lowest BCUT2D eigenvalue weighted by molar-refractivity contribution is -0.121. The average molecular weight is 369 g/mol. The molecule has 2 aromatic rings. The first-order valence-corrected chi connectivity index (χ1v) is 9.61. The van der Waals surface area contributed by atoms with Crippen LogP contribution in [0, 0.1) is 0 Å². The Morgan fingerprint density at radius 2 is 1.85 bits per heavy atom. The molecule has 1 heterocycles. The van der Waals surface area contributed by atoms with Gasteiger partial charge in [0.05, 0.1) is 11.9 Å². The first kappa shape index (κ1) is 18.9. The van der Waals surface area contributed by atoms with Crippen molar-refractivity contribution in [2.75, 3.05) is 6.54 Å². The Labute approximate surface area is 159 Å². The van der Waals surface area contributed by atoms with Crippen molar-refractivity contribution in [3.8, 4) is 5.69 Å². The number of nitrogens with one attached hydrogen (secondary N) is 3. The van der Waals surface area contributed by atoms with E-state index >= 15 is 0 Å². The van der Waals surface area contributed by atoms with E-state index in [1.807, 2.05) is 36.5 Å². The van der Waals surface area contributed by atoms with Crippen LogP contribution in [0.1, 0.15) is 44.1 Å². The minimum Gasteiger partial charge on any atom is -0.352 e. The van der Waals surface area contributed by atoms with Gasteiger partial charge in [-0.05, 0) is 25.0 Å². The van der Waals surface area contributed by atoms with Gasteiger partial charge in [0, 0.05) is 37.3 Å². The molecule has 3 N–H and O–H groups in total. The molecule has 0 aliphatic heterocycles. The van der Waals surface area contributed by atoms with Gasteiger partial charge in [0.2, 0.25) is 5.91 Å². The molecular formula is C20H27N5O2. The SMILES string of the molecule is O=C(CCNC(=O)NC1CCCCC1)NCc1cnn(-c2ccccc2)c1. The van der Waals surface area contributed by atoms with Crippen LogP contribution in [0.25, 0.3) is 5.69 Å². The molecule has 0 radical (unpaired) electrons. The fourth-order valence-electron chi connectivity index (χ4n) is 3.24. The molecule has 0 bridgehead atoms. The van der Waals surface area contributed by atoms with Gasteiger partial charge in [-0.15, -0.1) is 0 Å². The highest BCUT2D eigenvalue weighted by Crippen LogP contribution is 2.17. The number of aromatic nitrogens is 2. The highest BCUT2D eigenvalue weighted by molar-refractivity contribution is 5.78. The maximum Gasteiger partial charge on any atom is 0.315 e. The molecule has 0 unspecified atom stereocenters. The van der Waals surface area contributed by atoms with Crippen LogP contribution in [-0.2, 0) is 11.3 Å². The average Bonchev–Trinajstić information content (AvgIpc) is 3.17. The first-order valence-electron chi connectivity index (χ1n) is 9.61. The maximum atomic E-state index is 12.0. The summed E-state index contributed by atoms with van der Waals surface area (Å²) >= 11 is 0. The van der Waals surface area contributed by atoms with E-state index in [-0.39, 0.29) is 24.4 Å². The Bertz CT molecular complexity index is 738. The van der Waals surface area contributed by atoms with E-state index in [0.29, 0.717) is 13.1 Å². The number of amides is 3. The van der Waals surface area contributed by atoms with Crippen molar-refractivity contribution >= 4 is 11.9 Å². The summed E-state index contributed by atoms with van der Waals surface area (Å²) in [5.41, 5.74) is 1.90. The molecule has 1 aliphatic carbocycles. The van der Waals surface area contributed by atoms with Gasteiger partial charge in [0.15, 0.2) is 0 Å². The van der Waals surface area contributed by atoms with E-state index < -0.39 is 0 Å². The van der Waals surface area contributed by atoms with Crippen LogP contribution >= 0.6 is 0 Å². The number of nitrogens with zero attached hydrogens (tertiary/aromatic N) is 2. The Morgan fingerprint density at radius 1 is 1.07 bits per heavy atom. The van der Waals surface area contributed by atoms with Crippen molar-refractivity contribution in [2.45, 2.75) is 51.1 Å². The molecule has 0 spiro atoms. The number of urea groups is 1. The molecule has 3 amide bonds. The molecule has 0 atom stereocenters. The van der Waals surface area contributed by atoms with Crippen molar-refractivity contribution in [3.63, 3.8) is 0 Å². The summed E-state index contributed by atoms with van der Waals surface area (Å²) in [7, 11) is 0. The third-order valence-electron chi connectivity index (χ3n) is 4.72. The Hall–Kier alpha value is -2.83. The Balaban J connectivity index is 1.33. The number of carbonyl (C=O) groups is 2. The maximum absolute atomic E-state index is 12.0. The summed E-state index contributed by atoms with van der Waals surface area (Å²) in [6, 6.07) is 9.90. The summed E-state index contributed by atoms with van der Waals surface area (Å²) in [6.45, 7) is 0.744. The normalized spacial score (nSPS) is 14.5. The van der Waals surface area contributed by atoms with E-state index in [1.165, 1.54) is 19.3 Å². The summed E-state index contributed by atoms with van der Waals surface area (Å²) in [5.74, 6) is -0.0968. The van der Waals surface area contributed by atoms with Gasteiger partial charge in [0.25, 0.3) is 0 Å². The van der Waals surface area contributed by atoms with Gasteiger partial charge >= 0.3 is 6.03 Å². The van der Waals surface area contributed by atoms with Crippen molar-refractivity contribution in [1.82, 2.24) is 25.7 Å². The van der Waals surface area contributed by atoms with Crippen LogP contribution in [0.2, 0.25) is 0 Å². The van der Waals surface area contributed by atoms with Gasteiger partial charge in [-0.2, -0.15) is 5.10 Å². The van der Waals surface area contributed by atoms with Crippen LogP contribution in [0.3, 0.4) is 0 Å². The summed E-state index contributed by atoms with van der Waals surface area (Å²) in [6.07, 6.45) is 9.58. The van der Waals surface area contributed by atoms with Crippen LogP contribution < -0.4 is 16.0 Å².